The molecular weight excluding hydrogens is 537 g/mol. The summed E-state index contributed by atoms with van der Waals surface area (Å²) in [5, 5.41) is 2.75. The maximum absolute atomic E-state index is 2.35. The summed E-state index contributed by atoms with van der Waals surface area (Å²) in [6.07, 6.45) is 4.46. The summed E-state index contributed by atoms with van der Waals surface area (Å²) in [4.78, 5) is 2.64. The van der Waals surface area contributed by atoms with E-state index >= 15 is 0 Å². The van der Waals surface area contributed by atoms with Gasteiger partial charge in [-0.05, 0) is 52.6 Å². The summed E-state index contributed by atoms with van der Waals surface area (Å²) < 4.78 is 8.32. The van der Waals surface area contributed by atoms with Crippen molar-refractivity contribution in [2.75, 3.05) is 0 Å². The highest BCUT2D eigenvalue weighted by atomic mass is 32.1. The van der Waals surface area contributed by atoms with Crippen molar-refractivity contribution in [2.24, 2.45) is 0 Å². The Kier molecular flexibility index (Phi) is 5.34. The summed E-state index contributed by atoms with van der Waals surface area (Å²) in [6, 6.07) is 39.9. The van der Waals surface area contributed by atoms with Gasteiger partial charge in [0, 0.05) is 39.3 Å². The highest BCUT2D eigenvalue weighted by Crippen LogP contribution is 2.43. The molecule has 4 aromatic heterocycles. The van der Waals surface area contributed by atoms with Crippen LogP contribution in [0.1, 0.15) is 10.4 Å². The molecule has 0 aliphatic heterocycles. The van der Waals surface area contributed by atoms with E-state index in [-0.39, 0.29) is 0 Å². The van der Waals surface area contributed by atoms with Gasteiger partial charge in [-0.2, -0.15) is 0 Å². The molecule has 4 heterocycles. The summed E-state index contributed by atoms with van der Waals surface area (Å²) in [6.45, 7) is 0. The lowest BCUT2D eigenvalue weighted by atomic mass is 10.0. The van der Waals surface area contributed by atoms with Crippen LogP contribution in [0.5, 0.6) is 0 Å². The van der Waals surface area contributed by atoms with Gasteiger partial charge in [-0.25, -0.2) is 0 Å². The Morgan fingerprint density at radius 2 is 0.974 bits per heavy atom. The van der Waals surface area contributed by atoms with Gasteiger partial charge in [0.05, 0.1) is 9.40 Å². The van der Waals surface area contributed by atoms with Crippen LogP contribution in [-0.4, -0.2) is 0 Å². The van der Waals surface area contributed by atoms with Gasteiger partial charge in [0.25, 0.3) is 0 Å². The fraction of sp³-hybridized carbons (Fsp3) is 0. The van der Waals surface area contributed by atoms with Gasteiger partial charge in [0.2, 0.25) is 0 Å². The normalized spacial score (nSPS) is 12.1. The molecule has 0 saturated carbocycles. The van der Waals surface area contributed by atoms with Gasteiger partial charge < -0.3 is 0 Å². The molecule has 0 spiro atoms. The largest absolute Gasteiger partial charge is 0.134 e. The molecule has 0 unspecified atom stereocenters. The molecule has 180 valence electrons. The molecule has 0 fully saturated rings. The average Bonchev–Trinajstić information content (AvgIpc) is 3.71. The molecule has 0 N–H and O–H groups in total. The minimum atomic E-state index is 1.22. The minimum Gasteiger partial charge on any atom is -0.134 e. The van der Waals surface area contributed by atoms with E-state index in [1.165, 1.54) is 71.0 Å². The maximum Gasteiger partial charge on any atom is 0.0535 e. The van der Waals surface area contributed by atoms with Crippen LogP contribution in [0, 0.1) is 0 Å². The molecule has 0 amide bonds. The first kappa shape index (κ1) is 22.4. The van der Waals surface area contributed by atoms with Gasteiger partial charge in [0.15, 0.2) is 0 Å². The zero-order valence-electron chi connectivity index (χ0n) is 20.2. The minimum absolute atomic E-state index is 1.22. The molecule has 0 radical (unpaired) electrons. The van der Waals surface area contributed by atoms with E-state index in [0.29, 0.717) is 0 Å². The summed E-state index contributed by atoms with van der Waals surface area (Å²) in [5.41, 5.74) is 5.00. The van der Waals surface area contributed by atoms with Crippen LogP contribution >= 0.6 is 45.3 Å². The molecule has 0 aliphatic rings. The number of fused-ring (bicyclic) bond motifs is 6. The Bertz CT molecular complexity index is 2110. The fourth-order valence-electron chi connectivity index (χ4n) is 5.03. The molecule has 0 bridgehead atoms. The van der Waals surface area contributed by atoms with Crippen molar-refractivity contribution in [1.29, 1.82) is 0 Å². The van der Waals surface area contributed by atoms with Gasteiger partial charge >= 0.3 is 0 Å². The van der Waals surface area contributed by atoms with E-state index in [0.717, 1.165) is 0 Å². The van der Waals surface area contributed by atoms with Crippen LogP contribution in [0.3, 0.4) is 0 Å². The lowest BCUT2D eigenvalue weighted by Gasteiger charge is -2.04. The SMILES string of the molecule is C(=Cc1cc2sc3ccccc3c2s1)c1ccc(-c2ccc(-c3cc4sc5ccccc5c4s3)cc2)cc1. The van der Waals surface area contributed by atoms with Gasteiger partial charge in [-0.15, -0.1) is 45.3 Å². The third-order valence-corrected chi connectivity index (χ3v) is 11.8. The molecular formula is C34H20S4. The predicted molar refractivity (Wildman–Crippen MR) is 174 cm³/mol. The van der Waals surface area contributed by atoms with Crippen LogP contribution in [0.15, 0.2) is 109 Å². The Balaban J connectivity index is 1.02. The maximum atomic E-state index is 2.35. The highest BCUT2D eigenvalue weighted by molar-refractivity contribution is 7.34. The van der Waals surface area contributed by atoms with Crippen molar-refractivity contribution in [3.8, 4) is 21.6 Å². The van der Waals surface area contributed by atoms with Crippen LogP contribution in [0.2, 0.25) is 0 Å². The summed E-state index contributed by atoms with van der Waals surface area (Å²) >= 11 is 7.55. The fourth-order valence-corrected chi connectivity index (χ4v) is 10.0. The quantitative estimate of drug-likeness (QED) is 0.202. The first-order valence-electron chi connectivity index (χ1n) is 12.5. The number of hydrogen-bond acceptors (Lipinski definition) is 4. The first-order chi connectivity index (χ1) is 18.8. The lowest BCUT2D eigenvalue weighted by Crippen LogP contribution is -1.79. The molecule has 8 rings (SSSR count). The highest BCUT2D eigenvalue weighted by Gasteiger charge is 2.11. The van der Waals surface area contributed by atoms with Gasteiger partial charge in [0.1, 0.15) is 0 Å². The van der Waals surface area contributed by atoms with E-state index in [4.69, 9.17) is 0 Å². The monoisotopic (exact) mass is 556 g/mol. The smallest absolute Gasteiger partial charge is 0.0535 e. The third kappa shape index (κ3) is 3.84. The topological polar surface area (TPSA) is 0 Å². The van der Waals surface area contributed by atoms with E-state index < -0.39 is 0 Å². The first-order valence-corrected chi connectivity index (χ1v) is 15.8. The van der Waals surface area contributed by atoms with Crippen LogP contribution < -0.4 is 0 Å². The number of hydrogen-bond donors (Lipinski definition) is 0. The summed E-state index contributed by atoms with van der Waals surface area (Å²) in [7, 11) is 0. The Morgan fingerprint density at radius 1 is 0.421 bits per heavy atom. The molecule has 0 saturated heterocycles. The van der Waals surface area contributed by atoms with Crippen LogP contribution in [0.4, 0.5) is 0 Å². The number of rotatable bonds is 4. The number of thiophene rings is 4. The average molecular weight is 557 g/mol. The van der Waals surface area contributed by atoms with Gasteiger partial charge in [-0.1, -0.05) is 91.0 Å². The molecule has 4 heteroatoms. The van der Waals surface area contributed by atoms with Crippen LogP contribution in [-0.2, 0) is 0 Å². The Hall–Kier alpha value is -3.54. The Labute approximate surface area is 236 Å². The molecule has 0 nitrogen and oxygen atoms in total. The number of benzene rings is 4. The molecule has 38 heavy (non-hydrogen) atoms. The molecule has 8 aromatic rings. The second kappa shape index (κ2) is 9.04. The van der Waals surface area contributed by atoms with Crippen molar-refractivity contribution >= 4 is 96.5 Å². The molecule has 4 aromatic carbocycles. The Morgan fingerprint density at radius 3 is 1.66 bits per heavy atom. The standard InChI is InChI=1S/C34H20S4/c1-3-7-28-26(5-1)33-31(36-28)19-25(35-33)18-11-21-9-12-22(13-10-21)23-14-16-24(17-15-23)30-20-32-34(38-30)27-6-2-4-8-29(27)37-32/h1-20H. The molecule has 0 atom stereocenters. The van der Waals surface area contributed by atoms with E-state index in [9.17, 15) is 0 Å². The molecule has 0 aliphatic carbocycles. The van der Waals surface area contributed by atoms with E-state index in [2.05, 4.69) is 121 Å². The zero-order valence-corrected chi connectivity index (χ0v) is 23.4. The van der Waals surface area contributed by atoms with E-state index in [1.54, 1.807) is 0 Å². The third-order valence-electron chi connectivity index (χ3n) is 6.97. The zero-order chi connectivity index (χ0) is 25.1. The van der Waals surface area contributed by atoms with Crippen molar-refractivity contribution in [3.05, 3.63) is 120 Å². The van der Waals surface area contributed by atoms with Crippen LogP contribution in [0.25, 0.3) is 72.7 Å². The van der Waals surface area contributed by atoms with Crippen molar-refractivity contribution in [3.63, 3.8) is 0 Å². The van der Waals surface area contributed by atoms with Crippen molar-refractivity contribution in [2.45, 2.75) is 0 Å². The van der Waals surface area contributed by atoms with Crippen molar-refractivity contribution < 1.29 is 0 Å². The van der Waals surface area contributed by atoms with Gasteiger partial charge in [-0.3, -0.25) is 0 Å². The predicted octanol–water partition coefficient (Wildman–Crippen LogP) is 12.0. The second-order valence-electron chi connectivity index (χ2n) is 9.38. The van der Waals surface area contributed by atoms with E-state index in [1.807, 2.05) is 45.3 Å². The second-order valence-corrected chi connectivity index (χ2v) is 13.7. The summed E-state index contributed by atoms with van der Waals surface area (Å²) in [5.74, 6) is 0. The van der Waals surface area contributed by atoms with Crippen molar-refractivity contribution in [1.82, 2.24) is 0 Å². The lowest BCUT2D eigenvalue weighted by molar-refractivity contribution is 1.60.